The average molecular weight is 388 g/mol. The van der Waals surface area contributed by atoms with Gasteiger partial charge in [-0.2, -0.15) is 0 Å². The Labute approximate surface area is 158 Å². The van der Waals surface area contributed by atoms with Crippen LogP contribution in [0.2, 0.25) is 0 Å². The van der Waals surface area contributed by atoms with Gasteiger partial charge in [0.15, 0.2) is 0 Å². The van der Waals surface area contributed by atoms with Gasteiger partial charge in [0.05, 0.1) is 20.0 Å². The number of carbonyl (C=O) groups is 1. The molecule has 25 heavy (non-hydrogen) atoms. The number of fused-ring (bicyclic) bond motifs is 3. The molecule has 1 unspecified atom stereocenters. The molecule has 3 nitrogen and oxygen atoms in total. The number of allylic oxidation sites excluding steroid dienone is 4. The van der Waals surface area contributed by atoms with Crippen molar-refractivity contribution in [3.8, 4) is 0 Å². The van der Waals surface area contributed by atoms with Crippen LogP contribution >= 0.6 is 34.4 Å². The maximum atomic E-state index is 11.8. The van der Waals surface area contributed by atoms with Crippen molar-refractivity contribution in [2.75, 3.05) is 5.75 Å². The second-order valence-electron chi connectivity index (χ2n) is 5.94. The van der Waals surface area contributed by atoms with E-state index in [1.54, 1.807) is 40.5 Å². The van der Waals surface area contributed by atoms with Crippen LogP contribution in [0.1, 0.15) is 41.0 Å². The molecule has 0 fully saturated rings. The summed E-state index contributed by atoms with van der Waals surface area (Å²) in [5, 5.41) is 14.5. The van der Waals surface area contributed by atoms with Crippen molar-refractivity contribution < 1.29 is 9.90 Å². The number of aromatic nitrogens is 1. The predicted molar refractivity (Wildman–Crippen MR) is 109 cm³/mol. The van der Waals surface area contributed by atoms with Crippen molar-refractivity contribution in [2.24, 2.45) is 0 Å². The van der Waals surface area contributed by atoms with E-state index in [-0.39, 0.29) is 5.92 Å². The van der Waals surface area contributed by atoms with Crippen LogP contribution in [-0.2, 0) is 0 Å². The number of hydrogen-bond acceptors (Lipinski definition) is 5. The van der Waals surface area contributed by atoms with Crippen LogP contribution in [0.25, 0.3) is 21.0 Å². The Balaban J connectivity index is 1.94. The van der Waals surface area contributed by atoms with Gasteiger partial charge in [-0.3, -0.25) is 0 Å². The lowest BCUT2D eigenvalue weighted by Crippen LogP contribution is -1.96. The third-order valence-electron chi connectivity index (χ3n) is 4.20. The zero-order chi connectivity index (χ0) is 17.4. The van der Waals surface area contributed by atoms with Gasteiger partial charge in [0.1, 0.15) is 5.01 Å². The second kappa shape index (κ2) is 6.94. The molecule has 0 radical (unpaired) electrons. The highest BCUT2D eigenvalue weighted by molar-refractivity contribution is 8.01. The monoisotopic (exact) mass is 387 g/mol. The summed E-state index contributed by atoms with van der Waals surface area (Å²) >= 11 is 5.06. The maximum absolute atomic E-state index is 11.8. The van der Waals surface area contributed by atoms with Crippen molar-refractivity contribution in [3.05, 3.63) is 46.3 Å². The van der Waals surface area contributed by atoms with Gasteiger partial charge in [0, 0.05) is 22.1 Å². The molecule has 0 amide bonds. The summed E-state index contributed by atoms with van der Waals surface area (Å²) in [5.74, 6) is 0.449. The van der Waals surface area contributed by atoms with Crippen LogP contribution in [0.15, 0.2) is 40.0 Å². The third-order valence-corrected chi connectivity index (χ3v) is 7.82. The molecule has 1 aliphatic carbocycles. The van der Waals surface area contributed by atoms with E-state index in [1.807, 2.05) is 5.38 Å². The molecule has 3 aromatic rings. The molecular formula is C19H17NO2S3. The van der Waals surface area contributed by atoms with Gasteiger partial charge in [-0.25, -0.2) is 9.78 Å². The van der Waals surface area contributed by atoms with Crippen molar-refractivity contribution in [1.82, 2.24) is 4.98 Å². The van der Waals surface area contributed by atoms with E-state index in [9.17, 15) is 9.90 Å². The molecule has 1 atom stereocenters. The molecule has 1 aromatic carbocycles. The Morgan fingerprint density at radius 3 is 3.04 bits per heavy atom. The lowest BCUT2D eigenvalue weighted by Gasteiger charge is -2.08. The van der Waals surface area contributed by atoms with Crippen LogP contribution in [0.4, 0.5) is 0 Å². The van der Waals surface area contributed by atoms with Crippen LogP contribution in [0.5, 0.6) is 0 Å². The van der Waals surface area contributed by atoms with E-state index in [0.717, 1.165) is 44.6 Å². The van der Waals surface area contributed by atoms with E-state index in [2.05, 4.69) is 31.2 Å². The topological polar surface area (TPSA) is 50.2 Å². The molecule has 0 saturated carbocycles. The highest BCUT2D eigenvalue weighted by atomic mass is 32.2. The quantitative estimate of drug-likeness (QED) is 0.521. The molecular weight excluding hydrogens is 370 g/mol. The van der Waals surface area contributed by atoms with Crippen molar-refractivity contribution in [2.45, 2.75) is 29.9 Å². The molecule has 128 valence electrons. The Hall–Kier alpha value is -1.63. The van der Waals surface area contributed by atoms with Gasteiger partial charge < -0.3 is 5.11 Å². The molecule has 1 N–H and O–H groups in total. The summed E-state index contributed by atoms with van der Waals surface area (Å²) in [5.41, 5.74) is 1.35. The number of nitrogens with zero attached hydrogens (tertiary/aromatic N) is 1. The summed E-state index contributed by atoms with van der Waals surface area (Å²) in [6.45, 7) is 2.16. The summed E-state index contributed by atoms with van der Waals surface area (Å²) in [6.07, 6.45) is 10.5. The number of thiazole rings is 1. The molecule has 2 heterocycles. The Bertz CT molecular complexity index is 1010. The summed E-state index contributed by atoms with van der Waals surface area (Å²) < 4.78 is 2.15. The molecule has 1 aliphatic rings. The van der Waals surface area contributed by atoms with Crippen molar-refractivity contribution in [3.63, 3.8) is 0 Å². The van der Waals surface area contributed by atoms with Gasteiger partial charge in [0.25, 0.3) is 0 Å². The summed E-state index contributed by atoms with van der Waals surface area (Å²) in [7, 11) is 0. The van der Waals surface area contributed by atoms with Gasteiger partial charge in [0.2, 0.25) is 0 Å². The lowest BCUT2D eigenvalue weighted by molar-refractivity contribution is 0.0699. The first kappa shape index (κ1) is 16.8. The maximum Gasteiger partial charge on any atom is 0.336 e. The highest BCUT2D eigenvalue weighted by Gasteiger charge is 2.21. The first-order valence-corrected chi connectivity index (χ1v) is 10.9. The number of rotatable bonds is 5. The van der Waals surface area contributed by atoms with E-state index < -0.39 is 5.97 Å². The summed E-state index contributed by atoms with van der Waals surface area (Å²) in [6, 6.07) is 1.80. The fourth-order valence-corrected chi connectivity index (χ4v) is 6.31. The number of thioether (sulfide) groups is 1. The number of benzene rings is 1. The first-order valence-electron chi connectivity index (χ1n) is 8.23. The minimum absolute atomic E-state index is 0.288. The molecule has 2 aromatic heterocycles. The summed E-state index contributed by atoms with van der Waals surface area (Å²) in [4.78, 5) is 16.7. The number of carboxylic acid groups (broad SMARTS) is 1. The zero-order valence-electron chi connectivity index (χ0n) is 13.7. The van der Waals surface area contributed by atoms with E-state index in [0.29, 0.717) is 5.56 Å². The number of carboxylic acids is 1. The molecule has 0 bridgehead atoms. The smallest absolute Gasteiger partial charge is 0.336 e. The Kier molecular flexibility index (Phi) is 4.67. The average Bonchev–Trinajstić information content (AvgIpc) is 3.23. The highest BCUT2D eigenvalue weighted by Crippen LogP contribution is 2.43. The minimum atomic E-state index is -0.868. The van der Waals surface area contributed by atoms with Crippen LogP contribution in [0.3, 0.4) is 0 Å². The van der Waals surface area contributed by atoms with E-state index in [4.69, 9.17) is 4.98 Å². The standard InChI is InChI=1S/C19H17NO2S3/c1-2-8-23-19-15-13(10-24-19)12(18(21)22)9-14-16(15)20-17(25-14)11-6-4-3-5-7-11/h3-6,9-11H,2,7-8H2,1H3,(H,21,22). The predicted octanol–water partition coefficient (Wildman–Crippen LogP) is 6.31. The minimum Gasteiger partial charge on any atom is -0.478 e. The van der Waals surface area contributed by atoms with Gasteiger partial charge in [-0.15, -0.1) is 34.4 Å². The number of hydrogen-bond donors (Lipinski definition) is 1. The SMILES string of the molecule is CCCSc1scc2c(C(=O)O)cc3sc(C4C=CC=CC4)nc3c12. The largest absolute Gasteiger partial charge is 0.478 e. The normalized spacial score (nSPS) is 16.9. The molecule has 0 saturated heterocycles. The van der Waals surface area contributed by atoms with Crippen LogP contribution < -0.4 is 0 Å². The van der Waals surface area contributed by atoms with Gasteiger partial charge in [-0.1, -0.05) is 31.2 Å². The fraction of sp³-hybridized carbons (Fsp3) is 0.263. The molecule has 6 heteroatoms. The van der Waals surface area contributed by atoms with Crippen LogP contribution in [-0.4, -0.2) is 21.8 Å². The Morgan fingerprint density at radius 2 is 2.32 bits per heavy atom. The van der Waals surface area contributed by atoms with Crippen LogP contribution in [0, 0.1) is 0 Å². The first-order chi connectivity index (χ1) is 12.2. The lowest BCUT2D eigenvalue weighted by atomic mass is 10.0. The van der Waals surface area contributed by atoms with Crippen molar-refractivity contribution in [1.29, 1.82) is 0 Å². The third kappa shape index (κ3) is 3.03. The van der Waals surface area contributed by atoms with Crippen molar-refractivity contribution >= 4 is 61.4 Å². The second-order valence-corrected chi connectivity index (χ2v) is 9.25. The number of thiophene rings is 1. The number of aromatic carboxylic acids is 1. The fourth-order valence-electron chi connectivity index (χ4n) is 3.00. The molecule has 4 rings (SSSR count). The molecule has 0 aliphatic heterocycles. The van der Waals surface area contributed by atoms with Gasteiger partial charge in [-0.05, 0) is 24.7 Å². The Morgan fingerprint density at radius 1 is 1.44 bits per heavy atom. The molecule has 0 spiro atoms. The van der Waals surface area contributed by atoms with Gasteiger partial charge >= 0.3 is 5.97 Å². The van der Waals surface area contributed by atoms with E-state index in [1.165, 1.54) is 4.21 Å². The van der Waals surface area contributed by atoms with E-state index >= 15 is 0 Å². The zero-order valence-corrected chi connectivity index (χ0v) is 16.1.